The first kappa shape index (κ1) is 21.1. The highest BCUT2D eigenvalue weighted by molar-refractivity contribution is 5.88. The van der Waals surface area contributed by atoms with Gasteiger partial charge in [-0.1, -0.05) is 52.0 Å². The number of hydrogen-bond acceptors (Lipinski definition) is 2. The lowest BCUT2D eigenvalue weighted by Gasteiger charge is -2.30. The van der Waals surface area contributed by atoms with Crippen LogP contribution in [0.25, 0.3) is 22.3 Å². The highest BCUT2D eigenvalue weighted by Crippen LogP contribution is 2.56. The summed E-state index contributed by atoms with van der Waals surface area (Å²) in [6, 6.07) is 18.1. The van der Waals surface area contributed by atoms with E-state index in [9.17, 15) is 0 Å². The number of nitrogens with one attached hydrogen (secondary N) is 2. The molecule has 0 aliphatic heterocycles. The molecule has 3 aromatic carbocycles. The van der Waals surface area contributed by atoms with Crippen LogP contribution in [-0.2, 0) is 23.7 Å². The molecule has 2 aliphatic carbocycles. The van der Waals surface area contributed by atoms with E-state index in [4.69, 9.17) is 0 Å². The molecule has 32 heavy (non-hydrogen) atoms. The van der Waals surface area contributed by atoms with E-state index in [1.165, 1.54) is 46.5 Å². The van der Waals surface area contributed by atoms with Crippen molar-refractivity contribution in [1.29, 1.82) is 0 Å². The molecule has 166 valence electrons. The van der Waals surface area contributed by atoms with Crippen LogP contribution in [0, 0.1) is 0 Å². The molecule has 2 aliphatic rings. The first-order chi connectivity index (χ1) is 15.3. The quantitative estimate of drug-likeness (QED) is 0.452. The van der Waals surface area contributed by atoms with Crippen molar-refractivity contribution in [3.63, 3.8) is 0 Å². The van der Waals surface area contributed by atoms with E-state index in [2.05, 4.69) is 86.9 Å². The molecule has 2 N–H and O–H groups in total. The Morgan fingerprint density at radius 2 is 1.03 bits per heavy atom. The van der Waals surface area contributed by atoms with E-state index in [1.807, 2.05) is 14.1 Å². The first-order valence-electron chi connectivity index (χ1n) is 12.1. The average Bonchev–Trinajstić information content (AvgIpc) is 3.28. The second-order valence-electron chi connectivity index (χ2n) is 10.9. The topological polar surface area (TPSA) is 24.1 Å². The van der Waals surface area contributed by atoms with Gasteiger partial charge in [-0.2, -0.15) is 0 Å². The van der Waals surface area contributed by atoms with Crippen LogP contribution < -0.4 is 10.6 Å². The fourth-order valence-electron chi connectivity index (χ4n) is 6.27. The van der Waals surface area contributed by atoms with Crippen LogP contribution in [0.5, 0.6) is 0 Å². The smallest absolute Gasteiger partial charge is 0.0343 e. The van der Waals surface area contributed by atoms with Crippen LogP contribution in [0.2, 0.25) is 0 Å². The van der Waals surface area contributed by atoms with Crippen molar-refractivity contribution in [2.45, 2.75) is 64.2 Å². The molecule has 0 heterocycles. The van der Waals surface area contributed by atoms with E-state index in [-0.39, 0.29) is 10.8 Å². The van der Waals surface area contributed by atoms with Gasteiger partial charge in [0.25, 0.3) is 0 Å². The number of fused-ring (bicyclic) bond motifs is 2. The van der Waals surface area contributed by atoms with Crippen LogP contribution in [-0.4, -0.2) is 14.1 Å². The third kappa shape index (κ3) is 3.15. The maximum atomic E-state index is 3.35. The Bertz CT molecular complexity index is 1100. The average molecular weight is 425 g/mol. The summed E-state index contributed by atoms with van der Waals surface area (Å²) in [4.78, 5) is 0. The Morgan fingerprint density at radius 3 is 1.41 bits per heavy atom. The minimum Gasteiger partial charge on any atom is -0.388 e. The monoisotopic (exact) mass is 424 g/mol. The molecular formula is C30H36N2. The third-order valence-corrected chi connectivity index (χ3v) is 7.94. The normalized spacial score (nSPS) is 17.7. The maximum absolute atomic E-state index is 3.35. The van der Waals surface area contributed by atoms with Gasteiger partial charge in [0.05, 0.1) is 0 Å². The van der Waals surface area contributed by atoms with Crippen molar-refractivity contribution in [2.24, 2.45) is 0 Å². The summed E-state index contributed by atoms with van der Waals surface area (Å²) in [6.45, 7) is 9.80. The molecule has 0 radical (unpaired) electrons. The van der Waals surface area contributed by atoms with E-state index in [0.717, 1.165) is 12.8 Å². The molecular weight excluding hydrogens is 388 g/mol. The molecule has 0 aromatic heterocycles. The number of benzene rings is 3. The van der Waals surface area contributed by atoms with Crippen molar-refractivity contribution < 1.29 is 0 Å². The van der Waals surface area contributed by atoms with Crippen LogP contribution >= 0.6 is 0 Å². The molecule has 0 atom stereocenters. The molecule has 0 saturated heterocycles. The summed E-state index contributed by atoms with van der Waals surface area (Å²) >= 11 is 0. The number of hydrogen-bond donors (Lipinski definition) is 2. The van der Waals surface area contributed by atoms with Gasteiger partial charge in [-0.25, -0.2) is 0 Å². The predicted molar refractivity (Wildman–Crippen MR) is 139 cm³/mol. The summed E-state index contributed by atoms with van der Waals surface area (Å²) in [7, 11) is 4.03. The minimum absolute atomic E-state index is 0.178. The van der Waals surface area contributed by atoms with Gasteiger partial charge in [0.2, 0.25) is 0 Å². The van der Waals surface area contributed by atoms with Gasteiger partial charge in [0, 0.05) is 25.5 Å². The highest BCUT2D eigenvalue weighted by Gasteiger charge is 2.43. The molecule has 3 aromatic rings. The number of anilines is 2. The highest BCUT2D eigenvalue weighted by atomic mass is 14.8. The van der Waals surface area contributed by atoms with E-state index >= 15 is 0 Å². The molecule has 2 nitrogen and oxygen atoms in total. The van der Waals surface area contributed by atoms with E-state index < -0.39 is 0 Å². The second-order valence-corrected chi connectivity index (χ2v) is 10.9. The lowest BCUT2D eigenvalue weighted by Crippen LogP contribution is -2.18. The lowest BCUT2D eigenvalue weighted by molar-refractivity contribution is 0.521. The molecule has 0 saturated carbocycles. The zero-order valence-corrected chi connectivity index (χ0v) is 20.4. The summed E-state index contributed by atoms with van der Waals surface area (Å²) in [5.41, 5.74) is 14.9. The molecule has 0 unspecified atom stereocenters. The Labute approximate surface area is 193 Å². The van der Waals surface area contributed by atoms with Crippen LogP contribution in [0.15, 0.2) is 48.5 Å². The van der Waals surface area contributed by atoms with Gasteiger partial charge < -0.3 is 10.6 Å². The molecule has 5 rings (SSSR count). The molecule has 2 heteroatoms. The molecule has 0 spiro atoms. The van der Waals surface area contributed by atoms with Gasteiger partial charge in [-0.05, 0) is 105 Å². The summed E-state index contributed by atoms with van der Waals surface area (Å²) in [6.07, 6.45) is 4.74. The van der Waals surface area contributed by atoms with Crippen LogP contribution in [0.4, 0.5) is 11.4 Å². The standard InChI is InChI=1S/C30H36N2/c1-29(2)15-13-23-26(20-10-8-12-22(18-20)32-6)28-24(14-16-30(28,3)4)25(27(23)29)19-9-7-11-21(17-19)31-5/h7-12,17-18,31-32H,13-16H2,1-6H3. The molecule has 0 bridgehead atoms. The van der Waals surface area contributed by atoms with E-state index in [0.29, 0.717) is 0 Å². The second kappa shape index (κ2) is 7.40. The SMILES string of the molecule is CNc1cccc(-c2c3c(c(-c4cccc(NC)c4)c4c2C(C)(C)CC4)C(C)(C)CC3)c1. The van der Waals surface area contributed by atoms with Crippen molar-refractivity contribution in [3.05, 3.63) is 70.8 Å². The van der Waals surface area contributed by atoms with Gasteiger partial charge >= 0.3 is 0 Å². The molecule has 0 fully saturated rings. The predicted octanol–water partition coefficient (Wildman–Crippen LogP) is 7.55. The fourth-order valence-corrected chi connectivity index (χ4v) is 6.27. The summed E-state index contributed by atoms with van der Waals surface area (Å²) < 4.78 is 0. The summed E-state index contributed by atoms with van der Waals surface area (Å²) in [5, 5.41) is 6.70. The summed E-state index contributed by atoms with van der Waals surface area (Å²) in [5.74, 6) is 0. The van der Waals surface area contributed by atoms with E-state index in [1.54, 1.807) is 22.3 Å². The first-order valence-corrected chi connectivity index (χ1v) is 12.1. The zero-order chi connectivity index (χ0) is 22.7. The Balaban J connectivity index is 1.91. The van der Waals surface area contributed by atoms with Crippen molar-refractivity contribution in [1.82, 2.24) is 0 Å². The van der Waals surface area contributed by atoms with Crippen molar-refractivity contribution >= 4 is 11.4 Å². The van der Waals surface area contributed by atoms with Crippen LogP contribution in [0.3, 0.4) is 0 Å². The van der Waals surface area contributed by atoms with Gasteiger partial charge in [0.1, 0.15) is 0 Å². The maximum Gasteiger partial charge on any atom is 0.0343 e. The third-order valence-electron chi connectivity index (χ3n) is 7.94. The fraction of sp³-hybridized carbons (Fsp3) is 0.400. The Hall–Kier alpha value is -2.74. The number of rotatable bonds is 4. The van der Waals surface area contributed by atoms with Crippen LogP contribution in [0.1, 0.15) is 62.8 Å². The zero-order valence-electron chi connectivity index (χ0n) is 20.4. The lowest BCUT2D eigenvalue weighted by atomic mass is 9.73. The largest absolute Gasteiger partial charge is 0.388 e. The van der Waals surface area contributed by atoms with Gasteiger partial charge in [-0.15, -0.1) is 0 Å². The van der Waals surface area contributed by atoms with Crippen molar-refractivity contribution in [3.8, 4) is 22.3 Å². The Kier molecular flexibility index (Phi) is 4.89. The van der Waals surface area contributed by atoms with Gasteiger partial charge in [-0.3, -0.25) is 0 Å². The van der Waals surface area contributed by atoms with Gasteiger partial charge in [0.15, 0.2) is 0 Å². The minimum atomic E-state index is 0.178. The molecule has 0 amide bonds. The Morgan fingerprint density at radius 1 is 0.625 bits per heavy atom. The van der Waals surface area contributed by atoms with Crippen molar-refractivity contribution in [2.75, 3.05) is 24.7 Å².